The van der Waals surface area contributed by atoms with E-state index in [-0.39, 0.29) is 11.9 Å². The summed E-state index contributed by atoms with van der Waals surface area (Å²) in [6, 6.07) is 9.26. The first kappa shape index (κ1) is 12.6. The van der Waals surface area contributed by atoms with Gasteiger partial charge in [0.25, 0.3) is 0 Å². The van der Waals surface area contributed by atoms with E-state index >= 15 is 0 Å². The summed E-state index contributed by atoms with van der Waals surface area (Å²) in [5.41, 5.74) is 1.74. The third-order valence-electron chi connectivity index (χ3n) is 2.45. The summed E-state index contributed by atoms with van der Waals surface area (Å²) in [5, 5.41) is 3.30. The van der Waals surface area contributed by atoms with Crippen LogP contribution in [0.4, 0.5) is 10.1 Å². The minimum absolute atomic E-state index is 0.174. The van der Waals surface area contributed by atoms with Crippen molar-refractivity contribution in [1.29, 1.82) is 0 Å². The molecule has 0 aliphatic rings. The third kappa shape index (κ3) is 3.30. The highest BCUT2D eigenvalue weighted by Gasteiger charge is 2.08. The lowest BCUT2D eigenvalue weighted by Crippen LogP contribution is -2.05. The predicted molar refractivity (Wildman–Crippen MR) is 75.2 cm³/mol. The molecule has 90 valence electrons. The van der Waals surface area contributed by atoms with Crippen molar-refractivity contribution in [3.05, 3.63) is 50.4 Å². The molecule has 1 heterocycles. The van der Waals surface area contributed by atoms with Crippen LogP contribution in [-0.4, -0.2) is 0 Å². The number of hydrogen-bond acceptors (Lipinski definition) is 2. The van der Waals surface area contributed by atoms with Crippen LogP contribution < -0.4 is 5.32 Å². The molecule has 0 saturated heterocycles. The normalized spacial score (nSPS) is 12.5. The molecule has 0 radical (unpaired) electrons. The van der Waals surface area contributed by atoms with Crippen molar-refractivity contribution in [3.63, 3.8) is 0 Å². The minimum atomic E-state index is -0.202. The molecule has 2 rings (SSSR count). The number of halogens is 2. The number of nitrogens with one attached hydrogen (secondary N) is 1. The van der Waals surface area contributed by atoms with Crippen LogP contribution in [0.5, 0.6) is 0 Å². The Morgan fingerprint density at radius 3 is 2.65 bits per heavy atom. The first-order chi connectivity index (χ1) is 8.04. The van der Waals surface area contributed by atoms with Crippen molar-refractivity contribution < 1.29 is 4.39 Å². The Morgan fingerprint density at radius 2 is 2.06 bits per heavy atom. The quantitative estimate of drug-likeness (QED) is 0.828. The molecule has 0 spiro atoms. The molecule has 1 nitrogen and oxygen atoms in total. The van der Waals surface area contributed by atoms with Gasteiger partial charge < -0.3 is 5.32 Å². The number of hydrogen-bond donors (Lipinski definition) is 1. The molecule has 0 bridgehead atoms. The van der Waals surface area contributed by atoms with Crippen molar-refractivity contribution in [2.45, 2.75) is 19.9 Å². The molecule has 0 fully saturated rings. The average Bonchev–Trinajstić information content (AvgIpc) is 2.63. The fraction of sp³-hybridized carbons (Fsp3) is 0.231. The molecule has 2 aromatic rings. The average molecular weight is 314 g/mol. The zero-order valence-corrected chi connectivity index (χ0v) is 12.0. The van der Waals surface area contributed by atoms with Crippen molar-refractivity contribution in [2.24, 2.45) is 0 Å². The van der Waals surface area contributed by atoms with Crippen LogP contribution in [0.25, 0.3) is 0 Å². The van der Waals surface area contributed by atoms with Gasteiger partial charge in [-0.25, -0.2) is 4.39 Å². The first-order valence-electron chi connectivity index (χ1n) is 5.33. The second kappa shape index (κ2) is 5.19. The molecule has 0 saturated carbocycles. The lowest BCUT2D eigenvalue weighted by Gasteiger charge is -2.14. The maximum Gasteiger partial charge on any atom is 0.125 e. The molecular weight excluding hydrogens is 301 g/mol. The number of anilines is 1. The van der Waals surface area contributed by atoms with Gasteiger partial charge >= 0.3 is 0 Å². The van der Waals surface area contributed by atoms with Crippen LogP contribution in [0.15, 0.2) is 34.1 Å². The van der Waals surface area contributed by atoms with Crippen molar-refractivity contribution >= 4 is 33.0 Å². The first-order valence-corrected chi connectivity index (χ1v) is 6.94. The van der Waals surface area contributed by atoms with E-state index < -0.39 is 0 Å². The molecule has 4 heteroatoms. The minimum Gasteiger partial charge on any atom is -0.378 e. The molecule has 0 amide bonds. The Kier molecular flexibility index (Phi) is 3.84. The van der Waals surface area contributed by atoms with Gasteiger partial charge in [0, 0.05) is 10.6 Å². The zero-order chi connectivity index (χ0) is 12.4. The van der Waals surface area contributed by atoms with E-state index in [9.17, 15) is 4.39 Å². The fourth-order valence-corrected chi connectivity index (χ4v) is 3.13. The molecule has 0 aliphatic carbocycles. The summed E-state index contributed by atoms with van der Waals surface area (Å²) in [6.45, 7) is 3.96. The van der Waals surface area contributed by atoms with Gasteiger partial charge in [0.1, 0.15) is 5.82 Å². The largest absolute Gasteiger partial charge is 0.378 e. The second-order valence-electron chi connectivity index (χ2n) is 4.03. The highest BCUT2D eigenvalue weighted by atomic mass is 79.9. The van der Waals surface area contributed by atoms with Gasteiger partial charge in [-0.2, -0.15) is 0 Å². The van der Waals surface area contributed by atoms with Crippen LogP contribution in [-0.2, 0) is 0 Å². The molecule has 1 N–H and O–H groups in total. The highest BCUT2D eigenvalue weighted by Crippen LogP contribution is 2.29. The van der Waals surface area contributed by atoms with Crippen molar-refractivity contribution in [3.8, 4) is 0 Å². The van der Waals surface area contributed by atoms with Gasteiger partial charge in [-0.1, -0.05) is 0 Å². The smallest absolute Gasteiger partial charge is 0.125 e. The lowest BCUT2D eigenvalue weighted by molar-refractivity contribution is 0.626. The van der Waals surface area contributed by atoms with Crippen molar-refractivity contribution in [1.82, 2.24) is 0 Å². The number of aryl methyl sites for hydroxylation is 1. The van der Waals surface area contributed by atoms with Crippen LogP contribution in [0.3, 0.4) is 0 Å². The van der Waals surface area contributed by atoms with Gasteiger partial charge in [-0.05, 0) is 65.7 Å². The van der Waals surface area contributed by atoms with E-state index in [0.29, 0.717) is 0 Å². The number of benzene rings is 1. The molecule has 1 unspecified atom stereocenters. The lowest BCUT2D eigenvalue weighted by atomic mass is 10.2. The third-order valence-corrected chi connectivity index (χ3v) is 4.25. The van der Waals surface area contributed by atoms with Gasteiger partial charge in [-0.3, -0.25) is 0 Å². The Hall–Kier alpha value is -0.870. The van der Waals surface area contributed by atoms with E-state index in [1.807, 2.05) is 19.1 Å². The summed E-state index contributed by atoms with van der Waals surface area (Å²) in [7, 11) is 0. The van der Waals surface area contributed by atoms with Crippen LogP contribution in [0, 0.1) is 12.7 Å². The van der Waals surface area contributed by atoms with Crippen LogP contribution in [0.2, 0.25) is 0 Å². The number of rotatable bonds is 3. The maximum absolute atomic E-state index is 13.2. The van der Waals surface area contributed by atoms with Crippen molar-refractivity contribution in [2.75, 3.05) is 5.32 Å². The van der Waals surface area contributed by atoms with Crippen LogP contribution >= 0.6 is 27.3 Å². The summed E-state index contributed by atoms with van der Waals surface area (Å²) in [6.07, 6.45) is 0. The standard InChI is InChI=1S/C13H13BrFNS/c1-8-5-10(15)7-11(6-8)16-9(2)12-3-4-13(14)17-12/h3-7,9,16H,1-2H3. The molecule has 0 aliphatic heterocycles. The van der Waals surface area contributed by atoms with Gasteiger partial charge in [0.2, 0.25) is 0 Å². The Morgan fingerprint density at radius 1 is 1.29 bits per heavy atom. The van der Waals surface area contributed by atoms with Gasteiger partial charge in [0.05, 0.1) is 9.83 Å². The maximum atomic E-state index is 13.2. The summed E-state index contributed by atoms with van der Waals surface area (Å²) in [5.74, 6) is -0.202. The SMILES string of the molecule is Cc1cc(F)cc(NC(C)c2ccc(Br)s2)c1. The van der Waals surface area contributed by atoms with E-state index in [1.54, 1.807) is 11.3 Å². The molecule has 1 atom stereocenters. The van der Waals surface area contributed by atoms with E-state index in [2.05, 4.69) is 34.2 Å². The van der Waals surface area contributed by atoms with E-state index in [1.165, 1.54) is 17.0 Å². The Balaban J connectivity index is 2.15. The topological polar surface area (TPSA) is 12.0 Å². The highest BCUT2D eigenvalue weighted by molar-refractivity contribution is 9.11. The molecule has 1 aromatic heterocycles. The summed E-state index contributed by atoms with van der Waals surface area (Å²) in [4.78, 5) is 1.22. The van der Waals surface area contributed by atoms with Gasteiger partial charge in [-0.15, -0.1) is 11.3 Å². The molecule has 1 aromatic carbocycles. The van der Waals surface area contributed by atoms with E-state index in [4.69, 9.17) is 0 Å². The Bertz CT molecular complexity index is 504. The number of thiophene rings is 1. The van der Waals surface area contributed by atoms with Gasteiger partial charge in [0.15, 0.2) is 0 Å². The molecular formula is C13H13BrFNS. The Labute approximate surface area is 113 Å². The molecule has 17 heavy (non-hydrogen) atoms. The second-order valence-corrected chi connectivity index (χ2v) is 6.52. The summed E-state index contributed by atoms with van der Waals surface area (Å²) >= 11 is 5.12. The zero-order valence-electron chi connectivity index (χ0n) is 9.63. The predicted octanol–water partition coefficient (Wildman–Crippen LogP) is 5.13. The monoisotopic (exact) mass is 313 g/mol. The van der Waals surface area contributed by atoms with Crippen LogP contribution in [0.1, 0.15) is 23.4 Å². The van der Waals surface area contributed by atoms with E-state index in [0.717, 1.165) is 15.0 Å². The fourth-order valence-electron chi connectivity index (χ4n) is 1.70. The summed E-state index contributed by atoms with van der Waals surface area (Å²) < 4.78 is 14.3.